The molecule has 0 saturated carbocycles. The van der Waals surface area contributed by atoms with Crippen LogP contribution in [0.5, 0.6) is 0 Å². The average molecular weight is 342 g/mol. The number of fused-ring (bicyclic) bond motifs is 3. The number of nitrogens with zero attached hydrogens (tertiary/aromatic N) is 6. The molecule has 3 rings (SSSR count). The van der Waals surface area contributed by atoms with Crippen molar-refractivity contribution >= 4 is 22.8 Å². The minimum atomic E-state index is -0.383. The summed E-state index contributed by atoms with van der Waals surface area (Å²) < 4.78 is 4.50. The molecule has 0 aromatic carbocycles. The van der Waals surface area contributed by atoms with Crippen LogP contribution in [0.4, 0.5) is 5.95 Å². The summed E-state index contributed by atoms with van der Waals surface area (Å²) in [6.45, 7) is 10.2. The predicted molar refractivity (Wildman–Crippen MR) is 99.4 cm³/mol. The first-order valence-corrected chi connectivity index (χ1v) is 8.18. The van der Waals surface area contributed by atoms with E-state index in [0.29, 0.717) is 23.7 Å². The first kappa shape index (κ1) is 16.9. The Morgan fingerprint density at radius 3 is 2.64 bits per heavy atom. The third-order valence-corrected chi connectivity index (χ3v) is 4.48. The van der Waals surface area contributed by atoms with Crippen LogP contribution in [0.3, 0.4) is 0 Å². The van der Waals surface area contributed by atoms with Crippen LogP contribution in [-0.4, -0.2) is 30.9 Å². The van der Waals surface area contributed by atoms with Crippen molar-refractivity contribution in [3.8, 4) is 0 Å². The maximum absolute atomic E-state index is 13.0. The van der Waals surface area contributed by atoms with Gasteiger partial charge in [-0.2, -0.15) is 10.1 Å². The van der Waals surface area contributed by atoms with Crippen LogP contribution in [-0.2, 0) is 13.6 Å². The number of imidazole rings is 1. The van der Waals surface area contributed by atoms with E-state index in [1.807, 2.05) is 31.4 Å². The second-order valence-corrected chi connectivity index (χ2v) is 6.07. The van der Waals surface area contributed by atoms with E-state index in [1.54, 1.807) is 24.2 Å². The smallest absolute Gasteiger partial charge is 0.294 e. The van der Waals surface area contributed by atoms with Gasteiger partial charge in [0, 0.05) is 13.6 Å². The molecule has 1 aliphatic rings. The predicted octanol–water partition coefficient (Wildman–Crippen LogP) is 1.42. The van der Waals surface area contributed by atoms with Crippen molar-refractivity contribution in [2.45, 2.75) is 33.4 Å². The minimum Gasteiger partial charge on any atom is -0.294 e. The Hall–Kier alpha value is -2.90. The lowest BCUT2D eigenvalue weighted by Crippen LogP contribution is -2.40. The molecule has 0 aliphatic carbocycles. The van der Waals surface area contributed by atoms with Crippen molar-refractivity contribution in [3.63, 3.8) is 0 Å². The zero-order valence-electron chi connectivity index (χ0n) is 14.9. The molecule has 1 aliphatic heterocycles. The van der Waals surface area contributed by atoms with E-state index in [2.05, 4.69) is 16.7 Å². The molecule has 8 heteroatoms. The monoisotopic (exact) mass is 342 g/mol. The van der Waals surface area contributed by atoms with Crippen LogP contribution in [0.1, 0.15) is 26.8 Å². The maximum Gasteiger partial charge on any atom is 0.332 e. The Labute approximate surface area is 145 Å². The Morgan fingerprint density at radius 1 is 1.28 bits per heavy atom. The largest absolute Gasteiger partial charge is 0.332 e. The maximum atomic E-state index is 13.0. The lowest BCUT2D eigenvalue weighted by Gasteiger charge is -2.28. The van der Waals surface area contributed by atoms with Crippen LogP contribution < -0.4 is 16.3 Å². The minimum absolute atomic E-state index is 0.124. The lowest BCUT2D eigenvalue weighted by atomic mass is 10.2. The molecule has 0 bridgehead atoms. The highest BCUT2D eigenvalue weighted by Crippen LogP contribution is 2.29. The molecule has 25 heavy (non-hydrogen) atoms. The van der Waals surface area contributed by atoms with Gasteiger partial charge >= 0.3 is 5.69 Å². The molecule has 0 spiro atoms. The molecule has 2 aromatic rings. The van der Waals surface area contributed by atoms with Crippen LogP contribution in [0, 0.1) is 0 Å². The number of rotatable bonds is 4. The average Bonchev–Trinajstić information content (AvgIpc) is 2.99. The number of aromatic nitrogens is 4. The van der Waals surface area contributed by atoms with Gasteiger partial charge < -0.3 is 0 Å². The van der Waals surface area contributed by atoms with Gasteiger partial charge in [0.2, 0.25) is 5.95 Å². The summed E-state index contributed by atoms with van der Waals surface area (Å²) in [5.74, 6) is 0.545. The third kappa shape index (κ3) is 2.45. The van der Waals surface area contributed by atoms with E-state index < -0.39 is 0 Å². The van der Waals surface area contributed by atoms with Crippen LogP contribution >= 0.6 is 0 Å². The zero-order valence-corrected chi connectivity index (χ0v) is 14.9. The molecule has 0 amide bonds. The van der Waals surface area contributed by atoms with E-state index >= 15 is 0 Å². The lowest BCUT2D eigenvalue weighted by molar-refractivity contribution is 0.638. The molecule has 0 radical (unpaired) electrons. The van der Waals surface area contributed by atoms with Crippen molar-refractivity contribution in [3.05, 3.63) is 45.6 Å². The Balaban J connectivity index is 2.40. The van der Waals surface area contributed by atoms with Crippen molar-refractivity contribution in [1.82, 2.24) is 18.7 Å². The highest BCUT2D eigenvalue weighted by molar-refractivity contribution is 5.91. The van der Waals surface area contributed by atoms with Crippen molar-refractivity contribution in [2.75, 3.05) is 11.6 Å². The summed E-state index contributed by atoms with van der Waals surface area (Å²) >= 11 is 0. The van der Waals surface area contributed by atoms with Crippen molar-refractivity contribution in [1.29, 1.82) is 0 Å². The van der Waals surface area contributed by atoms with Crippen LogP contribution in [0.15, 0.2) is 39.5 Å². The fraction of sp³-hybridized carbons (Fsp3) is 0.412. The highest BCUT2D eigenvalue weighted by Gasteiger charge is 2.29. The Kier molecular flexibility index (Phi) is 4.20. The zero-order chi connectivity index (χ0) is 18.3. The van der Waals surface area contributed by atoms with Gasteiger partial charge in [-0.25, -0.2) is 9.80 Å². The fourth-order valence-electron chi connectivity index (χ4n) is 3.00. The molecule has 0 saturated heterocycles. The molecule has 0 fully saturated rings. The molecule has 0 N–H and O–H groups in total. The van der Waals surface area contributed by atoms with Gasteiger partial charge in [-0.05, 0) is 20.8 Å². The summed E-state index contributed by atoms with van der Waals surface area (Å²) in [6.07, 6.45) is 5.31. The van der Waals surface area contributed by atoms with Gasteiger partial charge in [0.05, 0.1) is 18.3 Å². The summed E-state index contributed by atoms with van der Waals surface area (Å²) in [5, 5.41) is 6.23. The highest BCUT2D eigenvalue weighted by atomic mass is 16.2. The molecule has 2 aromatic heterocycles. The van der Waals surface area contributed by atoms with Crippen LogP contribution in [0.25, 0.3) is 11.2 Å². The first-order valence-electron chi connectivity index (χ1n) is 8.18. The number of hydrogen-bond donors (Lipinski definition) is 0. The molecule has 8 nitrogen and oxygen atoms in total. The summed E-state index contributed by atoms with van der Waals surface area (Å²) in [7, 11) is 1.63. The second kappa shape index (κ2) is 6.19. The van der Waals surface area contributed by atoms with Gasteiger partial charge in [-0.15, -0.1) is 6.58 Å². The molecule has 0 unspecified atom stereocenters. The third-order valence-electron chi connectivity index (χ3n) is 4.48. The van der Waals surface area contributed by atoms with Gasteiger partial charge in [0.1, 0.15) is 0 Å². The molecule has 3 heterocycles. The van der Waals surface area contributed by atoms with E-state index in [0.717, 1.165) is 5.71 Å². The normalized spacial score (nSPS) is 17.2. The van der Waals surface area contributed by atoms with E-state index in [9.17, 15) is 9.59 Å². The van der Waals surface area contributed by atoms with E-state index in [4.69, 9.17) is 0 Å². The van der Waals surface area contributed by atoms with Crippen molar-refractivity contribution < 1.29 is 0 Å². The summed E-state index contributed by atoms with van der Waals surface area (Å²) in [4.78, 5) is 30.1. The van der Waals surface area contributed by atoms with E-state index in [-0.39, 0.29) is 23.8 Å². The van der Waals surface area contributed by atoms with E-state index in [1.165, 1.54) is 9.13 Å². The quantitative estimate of drug-likeness (QED) is 0.787. The SMILES string of the molecule is C=CCN1N=C(C)[C@H](C)n2c1nc1c2c(=O)n(C/C=C/C)c(=O)n1C. The number of allylic oxidation sites excluding steroid dienone is 2. The Bertz CT molecular complexity index is 1020. The number of hydrogen-bond acceptors (Lipinski definition) is 5. The van der Waals surface area contributed by atoms with Gasteiger partial charge in [0.15, 0.2) is 11.2 Å². The Morgan fingerprint density at radius 2 is 2.00 bits per heavy atom. The van der Waals surface area contributed by atoms with Crippen molar-refractivity contribution in [2.24, 2.45) is 12.1 Å². The van der Waals surface area contributed by atoms with Crippen LogP contribution in [0.2, 0.25) is 0 Å². The van der Waals surface area contributed by atoms with Gasteiger partial charge in [-0.3, -0.25) is 18.5 Å². The number of aryl methyl sites for hydroxylation is 1. The second-order valence-electron chi connectivity index (χ2n) is 6.07. The number of anilines is 1. The molecular weight excluding hydrogens is 320 g/mol. The summed E-state index contributed by atoms with van der Waals surface area (Å²) in [5.41, 5.74) is 0.925. The first-order chi connectivity index (χ1) is 11.9. The molecular formula is C17H22N6O2. The van der Waals surface area contributed by atoms with Gasteiger partial charge in [0.25, 0.3) is 5.56 Å². The summed E-state index contributed by atoms with van der Waals surface area (Å²) in [6, 6.07) is -0.124. The van der Waals surface area contributed by atoms with Gasteiger partial charge in [-0.1, -0.05) is 18.2 Å². The standard InChI is InChI=1S/C17H22N6O2/c1-6-8-10-21-15(24)13-14(20(5)17(21)25)18-16-22(9-7-2)19-11(3)12(4)23(13)16/h6-8,12H,2,9-10H2,1,3-5H3/b8-6+/t12-/m0/s1. The molecule has 132 valence electrons. The fourth-order valence-corrected chi connectivity index (χ4v) is 3.00. The number of hydrazone groups is 1. The topological polar surface area (TPSA) is 77.4 Å². The molecule has 1 atom stereocenters.